The third-order valence-electron chi connectivity index (χ3n) is 2.16. The molecule has 0 aromatic heterocycles. The second kappa shape index (κ2) is 1.76. The number of hydrogen-bond acceptors (Lipinski definition) is 1. The largest absolute Gasteiger partial charge is 0.383 e. The standard InChI is InChI=1S/C8H15N/c1-6-5-7(2)9-8(6,3)4/h5-6,9H,1-4H3. The lowest BCUT2D eigenvalue weighted by Crippen LogP contribution is -2.37. The minimum atomic E-state index is 0.282. The van der Waals surface area contributed by atoms with E-state index in [0.717, 1.165) is 0 Å². The average molecular weight is 125 g/mol. The van der Waals surface area contributed by atoms with Crippen LogP contribution in [0.4, 0.5) is 0 Å². The van der Waals surface area contributed by atoms with E-state index in [1.807, 2.05) is 0 Å². The van der Waals surface area contributed by atoms with Gasteiger partial charge in [0.1, 0.15) is 0 Å². The summed E-state index contributed by atoms with van der Waals surface area (Å²) in [6.45, 7) is 8.81. The van der Waals surface area contributed by atoms with E-state index in [0.29, 0.717) is 5.92 Å². The molecule has 0 bridgehead atoms. The van der Waals surface area contributed by atoms with Crippen molar-refractivity contribution < 1.29 is 0 Å². The zero-order chi connectivity index (χ0) is 7.07. The molecule has 0 saturated heterocycles. The molecule has 0 aromatic carbocycles. The Labute approximate surface area is 57.1 Å². The van der Waals surface area contributed by atoms with Crippen molar-refractivity contribution in [3.05, 3.63) is 11.8 Å². The average Bonchev–Trinajstić information content (AvgIpc) is 1.79. The van der Waals surface area contributed by atoms with Gasteiger partial charge < -0.3 is 5.32 Å². The molecule has 1 aliphatic heterocycles. The van der Waals surface area contributed by atoms with Gasteiger partial charge in [0.2, 0.25) is 0 Å². The van der Waals surface area contributed by atoms with Gasteiger partial charge in [-0.25, -0.2) is 0 Å². The Kier molecular flexibility index (Phi) is 1.30. The monoisotopic (exact) mass is 125 g/mol. The molecule has 0 aromatic rings. The molecule has 9 heavy (non-hydrogen) atoms. The van der Waals surface area contributed by atoms with Gasteiger partial charge >= 0.3 is 0 Å². The number of allylic oxidation sites excluding steroid dienone is 1. The molecule has 1 heteroatoms. The van der Waals surface area contributed by atoms with Crippen LogP contribution in [0.1, 0.15) is 27.7 Å². The zero-order valence-electron chi connectivity index (χ0n) is 6.65. The summed E-state index contributed by atoms with van der Waals surface area (Å²) in [5.74, 6) is 0.664. The van der Waals surface area contributed by atoms with Crippen molar-refractivity contribution in [1.29, 1.82) is 0 Å². The fraction of sp³-hybridized carbons (Fsp3) is 0.750. The van der Waals surface area contributed by atoms with Crippen LogP contribution in [0.2, 0.25) is 0 Å². The van der Waals surface area contributed by atoms with Crippen molar-refractivity contribution in [2.75, 3.05) is 0 Å². The molecule has 1 N–H and O–H groups in total. The van der Waals surface area contributed by atoms with E-state index in [2.05, 4.69) is 39.1 Å². The second-order valence-electron chi connectivity index (χ2n) is 3.49. The van der Waals surface area contributed by atoms with Crippen molar-refractivity contribution in [2.45, 2.75) is 33.2 Å². The summed E-state index contributed by atoms with van der Waals surface area (Å²) in [6, 6.07) is 0. The lowest BCUT2D eigenvalue weighted by Gasteiger charge is -2.25. The summed E-state index contributed by atoms with van der Waals surface area (Å²) >= 11 is 0. The number of hydrogen-bond donors (Lipinski definition) is 1. The molecule has 0 radical (unpaired) electrons. The molecule has 1 aliphatic rings. The third-order valence-corrected chi connectivity index (χ3v) is 2.16. The van der Waals surface area contributed by atoms with Crippen LogP contribution in [0.5, 0.6) is 0 Å². The predicted octanol–water partition coefficient (Wildman–Crippen LogP) is 1.91. The maximum Gasteiger partial charge on any atom is 0.0374 e. The SMILES string of the molecule is CC1=CC(C)C(C)(C)N1. The molecular formula is C8H15N. The predicted molar refractivity (Wildman–Crippen MR) is 40.1 cm³/mol. The molecule has 0 spiro atoms. The van der Waals surface area contributed by atoms with E-state index in [4.69, 9.17) is 0 Å². The molecule has 1 atom stereocenters. The topological polar surface area (TPSA) is 12.0 Å². The molecule has 0 fully saturated rings. The molecular weight excluding hydrogens is 110 g/mol. The highest BCUT2D eigenvalue weighted by molar-refractivity contribution is 5.14. The van der Waals surface area contributed by atoms with Gasteiger partial charge in [-0.05, 0) is 26.7 Å². The summed E-state index contributed by atoms with van der Waals surface area (Å²) in [5, 5.41) is 3.40. The van der Waals surface area contributed by atoms with Crippen molar-refractivity contribution in [3.63, 3.8) is 0 Å². The summed E-state index contributed by atoms with van der Waals surface area (Å²) in [6.07, 6.45) is 2.28. The first-order valence-corrected chi connectivity index (χ1v) is 3.49. The first kappa shape index (κ1) is 6.66. The fourth-order valence-corrected chi connectivity index (χ4v) is 1.25. The van der Waals surface area contributed by atoms with Crippen LogP contribution >= 0.6 is 0 Å². The minimum absolute atomic E-state index is 0.282. The summed E-state index contributed by atoms with van der Waals surface area (Å²) < 4.78 is 0. The Balaban J connectivity index is 2.71. The lowest BCUT2D eigenvalue weighted by atomic mass is 9.92. The van der Waals surface area contributed by atoms with E-state index in [1.165, 1.54) is 5.70 Å². The van der Waals surface area contributed by atoms with E-state index in [-0.39, 0.29) is 5.54 Å². The zero-order valence-corrected chi connectivity index (χ0v) is 6.65. The molecule has 0 saturated carbocycles. The van der Waals surface area contributed by atoms with Crippen LogP contribution in [0, 0.1) is 5.92 Å². The smallest absolute Gasteiger partial charge is 0.0374 e. The second-order valence-corrected chi connectivity index (χ2v) is 3.49. The third kappa shape index (κ3) is 1.09. The minimum Gasteiger partial charge on any atom is -0.383 e. The van der Waals surface area contributed by atoms with Crippen LogP contribution in [-0.2, 0) is 0 Å². The summed E-state index contributed by atoms with van der Waals surface area (Å²) in [4.78, 5) is 0. The molecule has 1 heterocycles. The Morgan fingerprint density at radius 1 is 1.56 bits per heavy atom. The summed E-state index contributed by atoms with van der Waals surface area (Å²) in [7, 11) is 0. The molecule has 1 rings (SSSR count). The Morgan fingerprint density at radius 2 is 2.11 bits per heavy atom. The summed E-state index contributed by atoms with van der Waals surface area (Å²) in [5.41, 5.74) is 1.59. The maximum atomic E-state index is 3.40. The van der Waals surface area contributed by atoms with Crippen molar-refractivity contribution in [1.82, 2.24) is 5.32 Å². The van der Waals surface area contributed by atoms with Crippen molar-refractivity contribution >= 4 is 0 Å². The highest BCUT2D eigenvalue weighted by atomic mass is 15.0. The molecule has 0 amide bonds. The van der Waals surface area contributed by atoms with Crippen LogP contribution in [0.25, 0.3) is 0 Å². The van der Waals surface area contributed by atoms with Crippen molar-refractivity contribution in [2.24, 2.45) is 5.92 Å². The van der Waals surface area contributed by atoms with Gasteiger partial charge in [-0.2, -0.15) is 0 Å². The van der Waals surface area contributed by atoms with E-state index >= 15 is 0 Å². The van der Waals surface area contributed by atoms with Gasteiger partial charge in [0, 0.05) is 11.2 Å². The Hall–Kier alpha value is -0.460. The maximum absolute atomic E-state index is 3.40. The van der Waals surface area contributed by atoms with Gasteiger partial charge in [-0.3, -0.25) is 0 Å². The van der Waals surface area contributed by atoms with Gasteiger partial charge in [-0.1, -0.05) is 13.0 Å². The van der Waals surface area contributed by atoms with Crippen molar-refractivity contribution in [3.8, 4) is 0 Å². The normalized spacial score (nSPS) is 31.6. The van der Waals surface area contributed by atoms with Gasteiger partial charge in [0.05, 0.1) is 0 Å². The van der Waals surface area contributed by atoms with E-state index < -0.39 is 0 Å². The van der Waals surface area contributed by atoms with Crippen LogP contribution in [-0.4, -0.2) is 5.54 Å². The van der Waals surface area contributed by atoms with Crippen LogP contribution < -0.4 is 5.32 Å². The first-order valence-electron chi connectivity index (χ1n) is 3.49. The van der Waals surface area contributed by atoms with E-state index in [1.54, 1.807) is 0 Å². The lowest BCUT2D eigenvalue weighted by molar-refractivity contribution is 0.375. The molecule has 0 aliphatic carbocycles. The van der Waals surface area contributed by atoms with E-state index in [9.17, 15) is 0 Å². The molecule has 1 nitrogen and oxygen atoms in total. The van der Waals surface area contributed by atoms with Gasteiger partial charge in [0.25, 0.3) is 0 Å². The molecule has 52 valence electrons. The number of rotatable bonds is 0. The number of nitrogens with one attached hydrogen (secondary N) is 1. The Bertz CT molecular complexity index is 145. The first-order chi connectivity index (χ1) is 4.02. The van der Waals surface area contributed by atoms with Crippen LogP contribution in [0.15, 0.2) is 11.8 Å². The molecule has 1 unspecified atom stereocenters. The van der Waals surface area contributed by atoms with Gasteiger partial charge in [-0.15, -0.1) is 0 Å². The Morgan fingerprint density at radius 3 is 2.22 bits per heavy atom. The highest BCUT2D eigenvalue weighted by Crippen LogP contribution is 2.25. The quantitative estimate of drug-likeness (QED) is 0.521. The van der Waals surface area contributed by atoms with Crippen LogP contribution in [0.3, 0.4) is 0 Å². The van der Waals surface area contributed by atoms with Gasteiger partial charge in [0.15, 0.2) is 0 Å². The highest BCUT2D eigenvalue weighted by Gasteiger charge is 2.28. The fourth-order valence-electron chi connectivity index (χ4n) is 1.25.